The number of aromatic nitrogens is 1. The predicted molar refractivity (Wildman–Crippen MR) is 136 cm³/mol. The van der Waals surface area contributed by atoms with Crippen molar-refractivity contribution in [1.82, 2.24) is 14.2 Å². The van der Waals surface area contributed by atoms with Gasteiger partial charge in [0, 0.05) is 31.7 Å². The zero-order valence-electron chi connectivity index (χ0n) is 20.1. The van der Waals surface area contributed by atoms with Crippen molar-refractivity contribution < 1.29 is 13.2 Å². The van der Waals surface area contributed by atoms with E-state index in [0.29, 0.717) is 36.9 Å². The highest BCUT2D eigenvalue weighted by Gasteiger charge is 2.25. The topological polar surface area (TPSA) is 73.8 Å². The van der Waals surface area contributed by atoms with Crippen LogP contribution in [0.4, 0.5) is 5.13 Å². The van der Waals surface area contributed by atoms with E-state index in [9.17, 15) is 13.2 Å². The number of sulfonamides is 1. The first-order valence-corrected chi connectivity index (χ1v) is 13.3. The summed E-state index contributed by atoms with van der Waals surface area (Å²) < 4.78 is 28.0. The molecule has 0 saturated heterocycles. The van der Waals surface area contributed by atoms with Crippen LogP contribution in [-0.2, 0) is 10.0 Å². The summed E-state index contributed by atoms with van der Waals surface area (Å²) in [6, 6.07) is 10.4. The van der Waals surface area contributed by atoms with Crippen molar-refractivity contribution in [3.8, 4) is 0 Å². The third kappa shape index (κ3) is 5.43. The lowest BCUT2D eigenvalue weighted by atomic mass is 10.1. The minimum Gasteiger partial charge on any atom is -0.308 e. The molecule has 0 aliphatic heterocycles. The Hall–Kier alpha value is -2.33. The highest BCUT2D eigenvalue weighted by atomic mass is 32.2. The lowest BCUT2D eigenvalue weighted by Gasteiger charge is -2.22. The Morgan fingerprint density at radius 1 is 1.00 bits per heavy atom. The van der Waals surface area contributed by atoms with Gasteiger partial charge < -0.3 is 4.90 Å². The van der Waals surface area contributed by atoms with E-state index in [2.05, 4.69) is 19.1 Å². The number of benzene rings is 2. The molecule has 3 rings (SSSR count). The van der Waals surface area contributed by atoms with Gasteiger partial charge >= 0.3 is 0 Å². The second kappa shape index (κ2) is 10.3. The normalized spacial score (nSPS) is 12.1. The monoisotopic (exact) mass is 488 g/mol. The van der Waals surface area contributed by atoms with Gasteiger partial charge in [-0.25, -0.2) is 13.4 Å². The van der Waals surface area contributed by atoms with E-state index in [1.165, 1.54) is 27.8 Å². The van der Waals surface area contributed by atoms with Crippen LogP contribution in [0.25, 0.3) is 10.2 Å². The molecule has 3 aromatic rings. The molecule has 7 nitrogen and oxygen atoms in total. The molecule has 33 heavy (non-hydrogen) atoms. The van der Waals surface area contributed by atoms with Crippen LogP contribution in [0.1, 0.15) is 35.3 Å². The summed E-state index contributed by atoms with van der Waals surface area (Å²) in [4.78, 5) is 22.2. The molecule has 0 fully saturated rings. The van der Waals surface area contributed by atoms with Crippen LogP contribution in [0, 0.1) is 13.8 Å². The smallest absolute Gasteiger partial charge is 0.260 e. The number of amides is 1. The third-order valence-corrected chi connectivity index (χ3v) is 8.60. The summed E-state index contributed by atoms with van der Waals surface area (Å²) in [5.74, 6) is -0.197. The molecular weight excluding hydrogens is 456 g/mol. The third-order valence-electron chi connectivity index (χ3n) is 5.51. The number of fused-ring (bicyclic) bond motifs is 1. The van der Waals surface area contributed by atoms with Gasteiger partial charge in [-0.05, 0) is 69.4 Å². The predicted octanol–water partition coefficient (Wildman–Crippen LogP) is 4.15. The fraction of sp³-hybridized carbons (Fsp3) is 0.417. The first-order valence-electron chi connectivity index (χ1n) is 11.0. The molecule has 9 heteroatoms. The Morgan fingerprint density at radius 2 is 1.64 bits per heavy atom. The molecule has 0 N–H and O–H groups in total. The first kappa shape index (κ1) is 25.3. The van der Waals surface area contributed by atoms with Gasteiger partial charge in [0.1, 0.15) is 0 Å². The second-order valence-electron chi connectivity index (χ2n) is 8.30. The van der Waals surface area contributed by atoms with E-state index in [1.54, 1.807) is 17.0 Å². The van der Waals surface area contributed by atoms with Crippen molar-refractivity contribution in [1.29, 1.82) is 0 Å². The van der Waals surface area contributed by atoms with E-state index in [4.69, 9.17) is 4.98 Å². The van der Waals surface area contributed by atoms with Crippen LogP contribution in [-0.4, -0.2) is 68.8 Å². The standard InChI is InChI=1S/C24H32N4O3S2/c1-7-27(8-2)33(30,31)20-11-9-19(10-12-20)23(29)28(14-13-26(5)6)24-25-22-18(4)15-17(3)16-21(22)32-24/h9-12,15-16H,7-8,13-14H2,1-6H3. The van der Waals surface area contributed by atoms with Crippen LogP contribution < -0.4 is 4.90 Å². The molecule has 0 aliphatic carbocycles. The highest BCUT2D eigenvalue weighted by molar-refractivity contribution is 7.89. The molecule has 1 amide bonds. The van der Waals surface area contributed by atoms with Crippen molar-refractivity contribution in [3.63, 3.8) is 0 Å². The number of aryl methyl sites for hydroxylation is 2. The van der Waals surface area contributed by atoms with Gasteiger partial charge in [0.05, 0.1) is 15.1 Å². The summed E-state index contributed by atoms with van der Waals surface area (Å²) in [7, 11) is 0.347. The average molecular weight is 489 g/mol. The van der Waals surface area contributed by atoms with Gasteiger partial charge in [0.2, 0.25) is 10.0 Å². The number of nitrogens with zero attached hydrogens (tertiary/aromatic N) is 4. The summed E-state index contributed by atoms with van der Waals surface area (Å²) in [5.41, 5.74) is 3.58. The second-order valence-corrected chi connectivity index (χ2v) is 11.2. The number of rotatable bonds is 9. The van der Waals surface area contributed by atoms with Crippen molar-refractivity contribution in [2.24, 2.45) is 0 Å². The minimum atomic E-state index is -3.57. The number of likely N-dealkylation sites (N-methyl/N-ethyl adjacent to an activating group) is 1. The van der Waals surface area contributed by atoms with E-state index in [0.717, 1.165) is 21.3 Å². The van der Waals surface area contributed by atoms with Crippen molar-refractivity contribution in [3.05, 3.63) is 53.1 Å². The van der Waals surface area contributed by atoms with Gasteiger partial charge in [-0.15, -0.1) is 0 Å². The van der Waals surface area contributed by atoms with Crippen molar-refractivity contribution in [2.45, 2.75) is 32.6 Å². The van der Waals surface area contributed by atoms with E-state index in [-0.39, 0.29) is 10.8 Å². The Balaban J connectivity index is 1.97. The largest absolute Gasteiger partial charge is 0.308 e. The van der Waals surface area contributed by atoms with E-state index < -0.39 is 10.0 Å². The zero-order valence-corrected chi connectivity index (χ0v) is 21.8. The molecule has 0 bridgehead atoms. The molecule has 1 aromatic heterocycles. The van der Waals surface area contributed by atoms with Gasteiger partial charge in [-0.2, -0.15) is 4.31 Å². The SMILES string of the molecule is CCN(CC)S(=O)(=O)c1ccc(C(=O)N(CCN(C)C)c2nc3c(C)cc(C)cc3s2)cc1. The van der Waals surface area contributed by atoms with E-state index >= 15 is 0 Å². The summed E-state index contributed by atoms with van der Waals surface area (Å²) in [6.45, 7) is 9.64. The quantitative estimate of drug-likeness (QED) is 0.452. The number of thiazole rings is 1. The lowest BCUT2D eigenvalue weighted by Crippen LogP contribution is -2.36. The van der Waals surface area contributed by atoms with Crippen LogP contribution in [0.5, 0.6) is 0 Å². The Bertz CT molecular complexity index is 1230. The van der Waals surface area contributed by atoms with Gasteiger partial charge in [0.25, 0.3) is 5.91 Å². The minimum absolute atomic E-state index is 0.189. The molecular formula is C24H32N4O3S2. The fourth-order valence-electron chi connectivity index (χ4n) is 3.70. The molecule has 0 radical (unpaired) electrons. The Morgan fingerprint density at radius 3 is 2.21 bits per heavy atom. The maximum absolute atomic E-state index is 13.5. The zero-order chi connectivity index (χ0) is 24.3. The molecule has 0 aliphatic rings. The summed E-state index contributed by atoms with van der Waals surface area (Å²) in [5, 5.41) is 0.644. The van der Waals surface area contributed by atoms with Crippen LogP contribution in [0.15, 0.2) is 41.3 Å². The Labute approximate surface area is 200 Å². The maximum Gasteiger partial charge on any atom is 0.260 e. The van der Waals surface area contributed by atoms with E-state index in [1.807, 2.05) is 39.8 Å². The van der Waals surface area contributed by atoms with Crippen LogP contribution in [0.3, 0.4) is 0 Å². The molecule has 178 valence electrons. The van der Waals surface area contributed by atoms with Gasteiger partial charge in [-0.3, -0.25) is 9.69 Å². The molecule has 2 aromatic carbocycles. The Kier molecular flexibility index (Phi) is 7.89. The summed E-state index contributed by atoms with van der Waals surface area (Å²) >= 11 is 1.50. The molecule has 1 heterocycles. The van der Waals surface area contributed by atoms with Gasteiger partial charge in [0.15, 0.2) is 5.13 Å². The fourth-order valence-corrected chi connectivity index (χ4v) is 6.32. The number of hydrogen-bond donors (Lipinski definition) is 0. The number of carbonyl (C=O) groups excluding carboxylic acids is 1. The molecule has 0 atom stereocenters. The maximum atomic E-state index is 13.5. The summed E-state index contributed by atoms with van der Waals surface area (Å²) in [6.07, 6.45) is 0. The molecule has 0 unspecified atom stereocenters. The lowest BCUT2D eigenvalue weighted by molar-refractivity contribution is 0.0985. The van der Waals surface area contributed by atoms with Crippen LogP contribution >= 0.6 is 11.3 Å². The average Bonchev–Trinajstić information content (AvgIpc) is 3.18. The van der Waals surface area contributed by atoms with Crippen LogP contribution in [0.2, 0.25) is 0 Å². The number of anilines is 1. The number of hydrogen-bond acceptors (Lipinski definition) is 6. The number of carbonyl (C=O) groups is 1. The molecule has 0 spiro atoms. The first-order chi connectivity index (χ1) is 15.6. The highest BCUT2D eigenvalue weighted by Crippen LogP contribution is 2.32. The van der Waals surface area contributed by atoms with Crippen molar-refractivity contribution in [2.75, 3.05) is 45.2 Å². The molecule has 0 saturated carbocycles. The van der Waals surface area contributed by atoms with Gasteiger partial charge in [-0.1, -0.05) is 31.3 Å². The van der Waals surface area contributed by atoms with Crippen molar-refractivity contribution >= 4 is 42.6 Å².